The van der Waals surface area contributed by atoms with Crippen molar-refractivity contribution in [3.05, 3.63) is 65.2 Å². The van der Waals surface area contributed by atoms with E-state index in [0.29, 0.717) is 22.6 Å². The summed E-state index contributed by atoms with van der Waals surface area (Å²) in [6, 6.07) is 15.0. The Bertz CT molecular complexity index is 672. The zero-order valence-electron chi connectivity index (χ0n) is 11.1. The summed E-state index contributed by atoms with van der Waals surface area (Å²) in [5.74, 6) is 1.28. The first-order valence-electron chi connectivity index (χ1n) is 6.39. The van der Waals surface area contributed by atoms with Gasteiger partial charge in [-0.2, -0.15) is 0 Å². The highest BCUT2D eigenvalue weighted by Crippen LogP contribution is 2.31. The van der Waals surface area contributed by atoms with Crippen molar-refractivity contribution < 1.29 is 14.3 Å². The van der Waals surface area contributed by atoms with Gasteiger partial charge in [0.05, 0.1) is 12.7 Å². The van der Waals surface area contributed by atoms with Crippen molar-refractivity contribution in [3.63, 3.8) is 0 Å². The number of carbonyl (C=O) groups is 1. The van der Waals surface area contributed by atoms with Crippen LogP contribution in [-0.4, -0.2) is 19.5 Å². The summed E-state index contributed by atoms with van der Waals surface area (Å²) < 4.78 is 10.8. The fraction of sp³-hybridized carbons (Fsp3) is 0.118. The van der Waals surface area contributed by atoms with Crippen molar-refractivity contribution in [2.45, 2.75) is 0 Å². The summed E-state index contributed by atoms with van der Waals surface area (Å²) in [6.45, 7) is 0.286. The number of ketones is 1. The number of hydrogen-bond donors (Lipinski definition) is 0. The maximum absolute atomic E-state index is 12.4. The van der Waals surface area contributed by atoms with E-state index in [2.05, 4.69) is 0 Å². The molecular formula is C17H14O3. The summed E-state index contributed by atoms with van der Waals surface area (Å²) in [7, 11) is 1.59. The van der Waals surface area contributed by atoms with Gasteiger partial charge in [-0.25, -0.2) is 0 Å². The summed E-state index contributed by atoms with van der Waals surface area (Å²) in [5.41, 5.74) is 2.24. The second-order valence-electron chi connectivity index (χ2n) is 4.56. The lowest BCUT2D eigenvalue weighted by Crippen LogP contribution is -2.19. The molecule has 20 heavy (non-hydrogen) atoms. The second-order valence-corrected chi connectivity index (χ2v) is 4.56. The number of rotatable bonds is 2. The van der Waals surface area contributed by atoms with Gasteiger partial charge in [0.25, 0.3) is 0 Å². The van der Waals surface area contributed by atoms with Crippen LogP contribution < -0.4 is 9.47 Å². The molecule has 100 valence electrons. The molecule has 0 unspecified atom stereocenters. The highest BCUT2D eigenvalue weighted by Gasteiger charge is 2.23. The lowest BCUT2D eigenvalue weighted by Gasteiger charge is -2.19. The summed E-state index contributed by atoms with van der Waals surface area (Å²) >= 11 is 0. The predicted molar refractivity (Wildman–Crippen MR) is 77.2 cm³/mol. The van der Waals surface area contributed by atoms with E-state index in [1.807, 2.05) is 36.4 Å². The first-order valence-corrected chi connectivity index (χ1v) is 6.39. The van der Waals surface area contributed by atoms with Crippen LogP contribution >= 0.6 is 0 Å². The van der Waals surface area contributed by atoms with Gasteiger partial charge in [0, 0.05) is 11.6 Å². The molecule has 2 aromatic carbocycles. The molecule has 0 fully saturated rings. The summed E-state index contributed by atoms with van der Waals surface area (Å²) in [6.07, 6.45) is 1.87. The van der Waals surface area contributed by atoms with Crippen LogP contribution in [0.25, 0.3) is 6.08 Å². The van der Waals surface area contributed by atoms with E-state index in [1.54, 1.807) is 25.3 Å². The Morgan fingerprint density at radius 1 is 1.15 bits per heavy atom. The molecule has 0 atom stereocenters. The average molecular weight is 266 g/mol. The zero-order valence-corrected chi connectivity index (χ0v) is 11.1. The third-order valence-corrected chi connectivity index (χ3v) is 3.25. The van der Waals surface area contributed by atoms with E-state index in [1.165, 1.54) is 0 Å². The molecule has 1 heterocycles. The molecule has 0 saturated carbocycles. The molecule has 0 spiro atoms. The molecule has 3 rings (SSSR count). The van der Waals surface area contributed by atoms with Crippen molar-refractivity contribution in [2.24, 2.45) is 0 Å². The van der Waals surface area contributed by atoms with Crippen LogP contribution in [0.4, 0.5) is 0 Å². The van der Waals surface area contributed by atoms with Crippen LogP contribution in [-0.2, 0) is 0 Å². The summed E-state index contributed by atoms with van der Waals surface area (Å²) in [4.78, 5) is 12.4. The minimum Gasteiger partial charge on any atom is -0.497 e. The van der Waals surface area contributed by atoms with Gasteiger partial charge in [0.2, 0.25) is 0 Å². The molecular weight excluding hydrogens is 252 g/mol. The predicted octanol–water partition coefficient (Wildman–Crippen LogP) is 3.35. The quantitative estimate of drug-likeness (QED) is 0.782. The van der Waals surface area contributed by atoms with Crippen LogP contribution in [0.15, 0.2) is 54.1 Å². The number of benzene rings is 2. The van der Waals surface area contributed by atoms with Crippen LogP contribution in [0, 0.1) is 0 Å². The Labute approximate surface area is 117 Å². The van der Waals surface area contributed by atoms with Crippen molar-refractivity contribution >= 4 is 11.9 Å². The standard InChI is InChI=1S/C17H14O3/c1-19-14-7-8-15-16(10-14)20-11-13(17(15)18)9-12-5-3-2-4-6-12/h2-10H,11H2,1H3. The maximum Gasteiger partial charge on any atom is 0.196 e. The smallest absolute Gasteiger partial charge is 0.196 e. The van der Waals surface area contributed by atoms with E-state index >= 15 is 0 Å². The van der Waals surface area contributed by atoms with Crippen LogP contribution in [0.5, 0.6) is 11.5 Å². The number of Topliss-reactive ketones (excluding diaryl/α,β-unsaturated/α-hetero) is 1. The van der Waals surface area contributed by atoms with Gasteiger partial charge in [-0.1, -0.05) is 30.3 Å². The third kappa shape index (κ3) is 2.30. The topological polar surface area (TPSA) is 35.5 Å². The van der Waals surface area contributed by atoms with Gasteiger partial charge in [-0.05, 0) is 23.8 Å². The van der Waals surface area contributed by atoms with E-state index < -0.39 is 0 Å². The minimum absolute atomic E-state index is 0.0118. The number of ether oxygens (including phenoxy) is 2. The molecule has 1 aliphatic heterocycles. The Balaban J connectivity index is 1.95. The van der Waals surface area contributed by atoms with Crippen LogP contribution in [0.3, 0.4) is 0 Å². The van der Waals surface area contributed by atoms with E-state index in [0.717, 1.165) is 5.56 Å². The third-order valence-electron chi connectivity index (χ3n) is 3.25. The van der Waals surface area contributed by atoms with Gasteiger partial charge in [0.1, 0.15) is 18.1 Å². The number of methoxy groups -OCH3 is 1. The number of hydrogen-bond acceptors (Lipinski definition) is 3. The molecule has 3 heteroatoms. The first kappa shape index (κ1) is 12.5. The molecule has 0 saturated heterocycles. The Morgan fingerprint density at radius 2 is 1.95 bits per heavy atom. The van der Waals surface area contributed by atoms with Crippen molar-refractivity contribution in [1.82, 2.24) is 0 Å². The van der Waals surface area contributed by atoms with Gasteiger partial charge in [0.15, 0.2) is 5.78 Å². The second kappa shape index (κ2) is 5.21. The van der Waals surface area contributed by atoms with Crippen LogP contribution in [0.1, 0.15) is 15.9 Å². The van der Waals surface area contributed by atoms with E-state index in [4.69, 9.17) is 9.47 Å². The van der Waals surface area contributed by atoms with Gasteiger partial charge in [-0.15, -0.1) is 0 Å². The molecule has 0 bridgehead atoms. The lowest BCUT2D eigenvalue weighted by atomic mass is 9.98. The summed E-state index contributed by atoms with van der Waals surface area (Å²) in [5, 5.41) is 0. The highest BCUT2D eigenvalue weighted by atomic mass is 16.5. The van der Waals surface area contributed by atoms with E-state index in [9.17, 15) is 4.79 Å². The average Bonchev–Trinajstić information content (AvgIpc) is 2.51. The van der Waals surface area contributed by atoms with Crippen molar-refractivity contribution in [3.8, 4) is 11.5 Å². The SMILES string of the molecule is COc1ccc2c(c1)OCC(=Cc1ccccc1)C2=O. The molecule has 0 aromatic heterocycles. The van der Waals surface area contributed by atoms with Crippen LogP contribution in [0.2, 0.25) is 0 Å². The fourth-order valence-corrected chi connectivity index (χ4v) is 2.19. The normalized spacial score (nSPS) is 15.7. The van der Waals surface area contributed by atoms with Gasteiger partial charge >= 0.3 is 0 Å². The first-order chi connectivity index (χ1) is 9.78. The maximum atomic E-state index is 12.4. The Kier molecular flexibility index (Phi) is 3.25. The zero-order chi connectivity index (χ0) is 13.9. The molecule has 0 amide bonds. The minimum atomic E-state index is 0.0118. The van der Waals surface area contributed by atoms with Crippen molar-refractivity contribution in [2.75, 3.05) is 13.7 Å². The van der Waals surface area contributed by atoms with Gasteiger partial charge in [-0.3, -0.25) is 4.79 Å². The highest BCUT2D eigenvalue weighted by molar-refractivity contribution is 6.14. The molecule has 0 aliphatic carbocycles. The number of carbonyl (C=O) groups excluding carboxylic acids is 1. The Morgan fingerprint density at radius 3 is 2.70 bits per heavy atom. The molecule has 1 aliphatic rings. The molecule has 0 N–H and O–H groups in total. The fourth-order valence-electron chi connectivity index (χ4n) is 2.19. The molecule has 3 nitrogen and oxygen atoms in total. The van der Waals surface area contributed by atoms with Crippen molar-refractivity contribution in [1.29, 1.82) is 0 Å². The van der Waals surface area contributed by atoms with Gasteiger partial charge < -0.3 is 9.47 Å². The number of fused-ring (bicyclic) bond motifs is 1. The lowest BCUT2D eigenvalue weighted by molar-refractivity contribution is 0.100. The van der Waals surface area contributed by atoms with E-state index in [-0.39, 0.29) is 12.4 Å². The largest absolute Gasteiger partial charge is 0.497 e. The Hall–Kier alpha value is -2.55. The molecule has 0 radical (unpaired) electrons. The monoisotopic (exact) mass is 266 g/mol. The molecule has 2 aromatic rings.